The Morgan fingerprint density at radius 2 is 1.75 bits per heavy atom. The van der Waals surface area contributed by atoms with Gasteiger partial charge in [0.25, 0.3) is 5.91 Å². The minimum absolute atomic E-state index is 0.121. The number of rotatable bonds is 7. The number of piperidine rings is 1. The van der Waals surface area contributed by atoms with Gasteiger partial charge in [-0.1, -0.05) is 55.5 Å². The van der Waals surface area contributed by atoms with Crippen LogP contribution in [0.15, 0.2) is 54.6 Å². The molecule has 1 aliphatic rings. The van der Waals surface area contributed by atoms with Gasteiger partial charge in [0.15, 0.2) is 13.2 Å². The van der Waals surface area contributed by atoms with Gasteiger partial charge in [-0.2, -0.15) is 0 Å². The first-order chi connectivity index (χ1) is 13.7. The van der Waals surface area contributed by atoms with E-state index in [1.165, 1.54) is 0 Å². The van der Waals surface area contributed by atoms with Crippen LogP contribution < -0.4 is 4.74 Å². The van der Waals surface area contributed by atoms with Gasteiger partial charge < -0.3 is 14.4 Å². The third kappa shape index (κ3) is 5.12. The Labute approximate surface area is 166 Å². The third-order valence-electron chi connectivity index (χ3n) is 5.09. The maximum absolute atomic E-state index is 12.4. The topological polar surface area (TPSA) is 55.8 Å². The molecule has 1 unspecified atom stereocenters. The second-order valence-electron chi connectivity index (χ2n) is 6.96. The van der Waals surface area contributed by atoms with E-state index in [4.69, 9.17) is 9.47 Å². The van der Waals surface area contributed by atoms with Crippen molar-refractivity contribution < 1.29 is 19.1 Å². The van der Waals surface area contributed by atoms with Crippen molar-refractivity contribution in [3.05, 3.63) is 54.6 Å². The van der Waals surface area contributed by atoms with Crippen LogP contribution in [0.2, 0.25) is 0 Å². The molecule has 2 aromatic rings. The quantitative estimate of drug-likeness (QED) is 0.679. The smallest absolute Gasteiger partial charge is 0.344 e. The Hall–Kier alpha value is -2.82. The number of carbonyl (C=O) groups is 2. The van der Waals surface area contributed by atoms with Gasteiger partial charge in [-0.05, 0) is 37.3 Å². The molecule has 0 spiro atoms. The van der Waals surface area contributed by atoms with Crippen LogP contribution in [0.5, 0.6) is 5.75 Å². The van der Waals surface area contributed by atoms with Crippen LogP contribution in [0.25, 0.3) is 11.1 Å². The van der Waals surface area contributed by atoms with Gasteiger partial charge in [-0.3, -0.25) is 4.79 Å². The van der Waals surface area contributed by atoms with Gasteiger partial charge in [-0.25, -0.2) is 4.79 Å². The van der Waals surface area contributed by atoms with Gasteiger partial charge in [-0.15, -0.1) is 0 Å². The largest absolute Gasteiger partial charge is 0.481 e. The minimum Gasteiger partial charge on any atom is -0.481 e. The second-order valence-corrected chi connectivity index (χ2v) is 6.96. The van der Waals surface area contributed by atoms with Gasteiger partial charge in [0, 0.05) is 18.2 Å². The van der Waals surface area contributed by atoms with Gasteiger partial charge >= 0.3 is 5.97 Å². The molecule has 1 aliphatic heterocycles. The highest BCUT2D eigenvalue weighted by atomic mass is 16.6. The zero-order valence-electron chi connectivity index (χ0n) is 16.3. The van der Waals surface area contributed by atoms with E-state index in [-0.39, 0.29) is 25.2 Å². The molecular formula is C23H27NO4. The zero-order valence-corrected chi connectivity index (χ0v) is 16.3. The van der Waals surface area contributed by atoms with Crippen LogP contribution in [0, 0.1) is 0 Å². The summed E-state index contributed by atoms with van der Waals surface area (Å²) in [5, 5.41) is 0. The van der Waals surface area contributed by atoms with Crippen molar-refractivity contribution in [3.8, 4) is 16.9 Å². The SMILES string of the molecule is CCC1CCCCN1C(=O)COC(=O)COc1ccccc1-c1ccccc1. The highest BCUT2D eigenvalue weighted by Crippen LogP contribution is 2.29. The molecule has 0 bridgehead atoms. The summed E-state index contributed by atoms with van der Waals surface area (Å²) in [7, 11) is 0. The predicted octanol–water partition coefficient (Wildman–Crippen LogP) is 4.07. The number of likely N-dealkylation sites (tertiary alicyclic amines) is 1. The van der Waals surface area contributed by atoms with E-state index in [9.17, 15) is 9.59 Å². The summed E-state index contributed by atoms with van der Waals surface area (Å²) in [5.74, 6) is -0.0510. The van der Waals surface area contributed by atoms with E-state index in [1.54, 1.807) is 0 Å². The Morgan fingerprint density at radius 3 is 2.54 bits per heavy atom. The van der Waals surface area contributed by atoms with Gasteiger partial charge in [0.05, 0.1) is 0 Å². The Morgan fingerprint density at radius 1 is 1.00 bits per heavy atom. The van der Waals surface area contributed by atoms with Crippen LogP contribution in [-0.4, -0.2) is 42.6 Å². The molecule has 1 atom stereocenters. The van der Waals surface area contributed by atoms with E-state index in [1.807, 2.05) is 59.5 Å². The Balaban J connectivity index is 1.52. The number of amides is 1. The summed E-state index contributed by atoms with van der Waals surface area (Å²) in [4.78, 5) is 26.3. The summed E-state index contributed by atoms with van der Waals surface area (Å²) in [6, 6.07) is 17.6. The van der Waals surface area contributed by atoms with Crippen molar-refractivity contribution in [2.24, 2.45) is 0 Å². The average molecular weight is 381 g/mol. The maximum Gasteiger partial charge on any atom is 0.344 e. The molecule has 1 saturated heterocycles. The number of hydrogen-bond acceptors (Lipinski definition) is 4. The van der Waals surface area contributed by atoms with Crippen molar-refractivity contribution in [2.75, 3.05) is 19.8 Å². The van der Waals surface area contributed by atoms with Crippen molar-refractivity contribution in [1.29, 1.82) is 0 Å². The molecule has 0 aliphatic carbocycles. The Bertz CT molecular complexity index is 790. The standard InChI is InChI=1S/C23H27NO4/c1-2-19-12-8-9-15-24(19)22(25)16-28-23(26)17-27-21-14-7-6-13-20(21)18-10-4-3-5-11-18/h3-7,10-11,13-14,19H,2,8-9,12,15-17H2,1H3. The highest BCUT2D eigenvalue weighted by Gasteiger charge is 2.25. The second kappa shape index (κ2) is 9.93. The molecular weight excluding hydrogens is 354 g/mol. The molecule has 0 aromatic heterocycles. The lowest BCUT2D eigenvalue weighted by Crippen LogP contribution is -2.45. The number of carbonyl (C=O) groups excluding carboxylic acids is 2. The minimum atomic E-state index is -0.540. The van der Waals surface area contributed by atoms with Crippen LogP contribution in [0.3, 0.4) is 0 Å². The van der Waals surface area contributed by atoms with Crippen LogP contribution in [-0.2, 0) is 14.3 Å². The van der Waals surface area contributed by atoms with Gasteiger partial charge in [0.2, 0.25) is 0 Å². The fourth-order valence-electron chi connectivity index (χ4n) is 3.61. The summed E-state index contributed by atoms with van der Waals surface area (Å²) in [6.45, 7) is 2.38. The lowest BCUT2D eigenvalue weighted by molar-refractivity contribution is -0.155. The molecule has 0 saturated carbocycles. The molecule has 5 heteroatoms. The summed E-state index contributed by atoms with van der Waals surface area (Å²) in [6.07, 6.45) is 4.11. The molecule has 0 N–H and O–H groups in total. The molecule has 0 radical (unpaired) electrons. The molecule has 148 valence electrons. The number of esters is 1. The molecule has 5 nitrogen and oxygen atoms in total. The molecule has 1 fully saturated rings. The molecule has 3 rings (SSSR count). The maximum atomic E-state index is 12.4. The zero-order chi connectivity index (χ0) is 19.8. The van der Waals surface area contributed by atoms with Crippen LogP contribution in [0.4, 0.5) is 0 Å². The fourth-order valence-corrected chi connectivity index (χ4v) is 3.61. The third-order valence-corrected chi connectivity index (χ3v) is 5.09. The summed E-state index contributed by atoms with van der Waals surface area (Å²) >= 11 is 0. The fraction of sp³-hybridized carbons (Fsp3) is 0.391. The first-order valence-electron chi connectivity index (χ1n) is 9.91. The van der Waals surface area contributed by atoms with Crippen molar-refractivity contribution in [2.45, 2.75) is 38.6 Å². The van der Waals surface area contributed by atoms with E-state index >= 15 is 0 Å². The van der Waals surface area contributed by atoms with E-state index in [0.717, 1.165) is 43.4 Å². The summed E-state index contributed by atoms with van der Waals surface area (Å²) in [5.41, 5.74) is 1.92. The van der Waals surface area contributed by atoms with E-state index < -0.39 is 5.97 Å². The van der Waals surface area contributed by atoms with Crippen molar-refractivity contribution >= 4 is 11.9 Å². The predicted molar refractivity (Wildman–Crippen MR) is 108 cm³/mol. The average Bonchev–Trinajstić information content (AvgIpc) is 2.76. The van der Waals surface area contributed by atoms with Crippen molar-refractivity contribution in [3.63, 3.8) is 0 Å². The molecule has 1 amide bonds. The molecule has 1 heterocycles. The number of para-hydroxylation sites is 1. The van der Waals surface area contributed by atoms with E-state index in [0.29, 0.717) is 5.75 Å². The monoisotopic (exact) mass is 381 g/mol. The first-order valence-corrected chi connectivity index (χ1v) is 9.91. The highest BCUT2D eigenvalue weighted by molar-refractivity contribution is 5.81. The van der Waals surface area contributed by atoms with Crippen LogP contribution in [0.1, 0.15) is 32.6 Å². The lowest BCUT2D eigenvalue weighted by Gasteiger charge is -2.35. The molecule has 28 heavy (non-hydrogen) atoms. The number of ether oxygens (including phenoxy) is 2. The van der Waals surface area contributed by atoms with Crippen molar-refractivity contribution in [1.82, 2.24) is 4.90 Å². The lowest BCUT2D eigenvalue weighted by atomic mass is 10.00. The summed E-state index contributed by atoms with van der Waals surface area (Å²) < 4.78 is 10.8. The normalized spacial score (nSPS) is 16.5. The number of nitrogens with zero attached hydrogens (tertiary/aromatic N) is 1. The van der Waals surface area contributed by atoms with Crippen LogP contribution >= 0.6 is 0 Å². The van der Waals surface area contributed by atoms with E-state index in [2.05, 4.69) is 6.92 Å². The number of benzene rings is 2. The number of hydrogen-bond donors (Lipinski definition) is 0. The first kappa shape index (κ1) is 19.9. The van der Waals surface area contributed by atoms with Gasteiger partial charge in [0.1, 0.15) is 5.75 Å². The molecule has 2 aromatic carbocycles. The Kier molecular flexibility index (Phi) is 7.06.